The number of carboxylic acid groups (broad SMARTS) is 1. The number of aliphatic carboxylic acids is 1. The van der Waals surface area contributed by atoms with Crippen molar-refractivity contribution in [2.75, 3.05) is 18.1 Å². The lowest BCUT2D eigenvalue weighted by molar-refractivity contribution is -0.140. The van der Waals surface area contributed by atoms with E-state index in [2.05, 4.69) is 5.92 Å². The fraction of sp³-hybridized carbons (Fsp3) is 0.636. The van der Waals surface area contributed by atoms with Gasteiger partial charge < -0.3 is 10.0 Å². The Kier molecular flexibility index (Phi) is 4.73. The second-order valence-electron chi connectivity index (χ2n) is 4.16. The maximum Gasteiger partial charge on any atom is 0.305 e. The number of carboxylic acids is 1. The number of nitrogens with zero attached hydrogens (tertiary/aromatic N) is 1. The van der Waals surface area contributed by atoms with Gasteiger partial charge in [-0.3, -0.25) is 9.59 Å². The van der Waals surface area contributed by atoms with E-state index in [0.29, 0.717) is 0 Å². The molecule has 0 saturated carbocycles. The minimum absolute atomic E-state index is 0.0453. The van der Waals surface area contributed by atoms with Gasteiger partial charge in [0.05, 0.1) is 24.0 Å². The molecule has 100 valence electrons. The van der Waals surface area contributed by atoms with Crippen LogP contribution in [0, 0.1) is 12.3 Å². The molecule has 0 aliphatic carbocycles. The predicted octanol–water partition coefficient (Wildman–Crippen LogP) is -0.500. The minimum Gasteiger partial charge on any atom is -0.481 e. The third kappa shape index (κ3) is 4.04. The molecule has 1 amide bonds. The number of rotatable bonds is 4. The normalized spacial score (nSPS) is 22.2. The summed E-state index contributed by atoms with van der Waals surface area (Å²) in [5.74, 6) is 0.515. The average molecular weight is 273 g/mol. The van der Waals surface area contributed by atoms with Crippen LogP contribution in [0.4, 0.5) is 0 Å². The van der Waals surface area contributed by atoms with Gasteiger partial charge in [0.2, 0.25) is 5.91 Å². The first-order valence-electron chi connectivity index (χ1n) is 5.51. The van der Waals surface area contributed by atoms with Crippen molar-refractivity contribution in [1.29, 1.82) is 0 Å². The smallest absolute Gasteiger partial charge is 0.305 e. The van der Waals surface area contributed by atoms with E-state index in [-0.39, 0.29) is 43.2 Å². The van der Waals surface area contributed by atoms with Gasteiger partial charge in [-0.2, -0.15) is 0 Å². The second kappa shape index (κ2) is 5.87. The van der Waals surface area contributed by atoms with E-state index in [1.165, 1.54) is 4.90 Å². The highest BCUT2D eigenvalue weighted by atomic mass is 32.2. The van der Waals surface area contributed by atoms with Crippen molar-refractivity contribution in [3.8, 4) is 12.3 Å². The summed E-state index contributed by atoms with van der Waals surface area (Å²) >= 11 is 0. The lowest BCUT2D eigenvalue weighted by Crippen LogP contribution is -2.51. The maximum atomic E-state index is 11.8. The van der Waals surface area contributed by atoms with Crippen LogP contribution in [0.25, 0.3) is 0 Å². The number of carbonyl (C=O) groups is 2. The fourth-order valence-electron chi connectivity index (χ4n) is 1.91. The van der Waals surface area contributed by atoms with Crippen LogP contribution in [0.3, 0.4) is 0 Å². The van der Waals surface area contributed by atoms with Crippen molar-refractivity contribution in [3.63, 3.8) is 0 Å². The number of hydrogen-bond donors (Lipinski definition) is 1. The van der Waals surface area contributed by atoms with Gasteiger partial charge in [0, 0.05) is 19.4 Å². The Balaban J connectivity index is 2.78. The van der Waals surface area contributed by atoms with Crippen LogP contribution in [-0.4, -0.2) is 54.4 Å². The third-order valence-corrected chi connectivity index (χ3v) is 4.44. The zero-order valence-electron chi connectivity index (χ0n) is 9.83. The molecule has 1 aliphatic heterocycles. The van der Waals surface area contributed by atoms with Gasteiger partial charge in [-0.05, 0) is 0 Å². The van der Waals surface area contributed by atoms with E-state index < -0.39 is 21.8 Å². The summed E-state index contributed by atoms with van der Waals surface area (Å²) in [6.45, 7) is 0.0453. The molecule has 0 aromatic rings. The van der Waals surface area contributed by atoms with Crippen LogP contribution in [0.1, 0.15) is 19.3 Å². The molecule has 1 saturated heterocycles. The van der Waals surface area contributed by atoms with E-state index in [4.69, 9.17) is 11.5 Å². The second-order valence-corrected chi connectivity index (χ2v) is 6.39. The Labute approximate surface area is 106 Å². The van der Waals surface area contributed by atoms with Crippen molar-refractivity contribution in [3.05, 3.63) is 0 Å². The first-order chi connectivity index (χ1) is 8.35. The SMILES string of the molecule is C#CCCC(=O)N1CCS(=O)(=O)CC1CC(=O)O. The first-order valence-corrected chi connectivity index (χ1v) is 7.33. The fourth-order valence-corrected chi connectivity index (χ4v) is 3.43. The zero-order chi connectivity index (χ0) is 13.8. The van der Waals surface area contributed by atoms with Gasteiger partial charge in [-0.1, -0.05) is 0 Å². The maximum absolute atomic E-state index is 11.8. The predicted molar refractivity (Wildman–Crippen MR) is 64.5 cm³/mol. The Bertz CT molecular complexity index is 476. The number of amides is 1. The lowest BCUT2D eigenvalue weighted by atomic mass is 10.1. The van der Waals surface area contributed by atoms with Crippen LogP contribution >= 0.6 is 0 Å². The van der Waals surface area contributed by atoms with Gasteiger partial charge >= 0.3 is 5.97 Å². The molecular weight excluding hydrogens is 258 g/mol. The molecule has 18 heavy (non-hydrogen) atoms. The molecule has 0 bridgehead atoms. The molecule has 1 rings (SSSR count). The standard InChI is InChI=1S/C11H15NO5S/c1-2-3-4-10(13)12-5-6-18(16,17)8-9(12)7-11(14)15/h1,9H,3-8H2,(H,14,15). The monoisotopic (exact) mass is 273 g/mol. The van der Waals surface area contributed by atoms with E-state index in [1.54, 1.807) is 0 Å². The molecular formula is C11H15NO5S. The van der Waals surface area contributed by atoms with Crippen molar-refractivity contribution in [2.24, 2.45) is 0 Å². The molecule has 6 nitrogen and oxygen atoms in total. The number of carbonyl (C=O) groups excluding carboxylic acids is 1. The highest BCUT2D eigenvalue weighted by Crippen LogP contribution is 2.16. The van der Waals surface area contributed by atoms with E-state index in [1.807, 2.05) is 0 Å². The molecule has 1 atom stereocenters. The van der Waals surface area contributed by atoms with Crippen LogP contribution in [0.5, 0.6) is 0 Å². The van der Waals surface area contributed by atoms with Gasteiger partial charge in [0.1, 0.15) is 0 Å². The summed E-state index contributed by atoms with van der Waals surface area (Å²) in [6, 6.07) is -0.786. The van der Waals surface area contributed by atoms with Gasteiger partial charge in [-0.25, -0.2) is 8.42 Å². The molecule has 0 radical (unpaired) electrons. The summed E-state index contributed by atoms with van der Waals surface area (Å²) < 4.78 is 22.9. The Morgan fingerprint density at radius 2 is 2.11 bits per heavy atom. The summed E-state index contributed by atoms with van der Waals surface area (Å²) in [5.41, 5.74) is 0. The summed E-state index contributed by atoms with van der Waals surface area (Å²) in [7, 11) is -3.26. The Morgan fingerprint density at radius 1 is 1.44 bits per heavy atom. The molecule has 1 fully saturated rings. The van der Waals surface area contributed by atoms with Crippen LogP contribution in [0.15, 0.2) is 0 Å². The van der Waals surface area contributed by atoms with Crippen molar-refractivity contribution in [2.45, 2.75) is 25.3 Å². The third-order valence-electron chi connectivity index (χ3n) is 2.74. The highest BCUT2D eigenvalue weighted by Gasteiger charge is 2.34. The molecule has 0 spiro atoms. The van der Waals surface area contributed by atoms with Crippen molar-refractivity contribution < 1.29 is 23.1 Å². The van der Waals surface area contributed by atoms with Crippen LogP contribution in [-0.2, 0) is 19.4 Å². The largest absolute Gasteiger partial charge is 0.481 e. The summed E-state index contributed by atoms with van der Waals surface area (Å²) in [6.07, 6.45) is 5.08. The Morgan fingerprint density at radius 3 is 2.67 bits per heavy atom. The molecule has 0 aromatic carbocycles. The molecule has 7 heteroatoms. The molecule has 1 aliphatic rings. The number of terminal acetylenes is 1. The van der Waals surface area contributed by atoms with Gasteiger partial charge in [0.25, 0.3) is 0 Å². The molecule has 1 heterocycles. The molecule has 1 N–H and O–H groups in total. The first kappa shape index (κ1) is 14.5. The molecule has 1 unspecified atom stereocenters. The van der Waals surface area contributed by atoms with Gasteiger partial charge in [0.15, 0.2) is 9.84 Å². The number of hydrogen-bond acceptors (Lipinski definition) is 4. The molecule has 0 aromatic heterocycles. The van der Waals surface area contributed by atoms with Crippen LogP contribution in [0.2, 0.25) is 0 Å². The topological polar surface area (TPSA) is 91.8 Å². The van der Waals surface area contributed by atoms with Gasteiger partial charge in [-0.15, -0.1) is 12.3 Å². The van der Waals surface area contributed by atoms with E-state index >= 15 is 0 Å². The lowest BCUT2D eigenvalue weighted by Gasteiger charge is -2.34. The van der Waals surface area contributed by atoms with Crippen molar-refractivity contribution in [1.82, 2.24) is 4.90 Å². The van der Waals surface area contributed by atoms with Crippen molar-refractivity contribution >= 4 is 21.7 Å². The quantitative estimate of drug-likeness (QED) is 0.697. The summed E-state index contributed by atoms with van der Waals surface area (Å²) in [4.78, 5) is 23.8. The highest BCUT2D eigenvalue weighted by molar-refractivity contribution is 7.91. The Hall–Kier alpha value is -1.55. The minimum atomic E-state index is -3.26. The number of sulfone groups is 1. The van der Waals surface area contributed by atoms with E-state index in [0.717, 1.165) is 0 Å². The zero-order valence-corrected chi connectivity index (χ0v) is 10.6. The summed E-state index contributed by atoms with van der Waals surface area (Å²) in [5, 5.41) is 8.75. The van der Waals surface area contributed by atoms with Crippen LogP contribution < -0.4 is 0 Å². The average Bonchev–Trinajstić information content (AvgIpc) is 2.24. The van der Waals surface area contributed by atoms with E-state index in [9.17, 15) is 18.0 Å².